The molecule has 170 valence electrons. The van der Waals surface area contributed by atoms with Crippen molar-refractivity contribution in [3.8, 4) is 0 Å². The second-order valence-corrected chi connectivity index (χ2v) is 9.95. The summed E-state index contributed by atoms with van der Waals surface area (Å²) >= 11 is 0. The van der Waals surface area contributed by atoms with Crippen LogP contribution < -0.4 is 5.32 Å². The van der Waals surface area contributed by atoms with Crippen LogP contribution in [0.15, 0.2) is 18.5 Å². The lowest BCUT2D eigenvalue weighted by Gasteiger charge is -2.30. The van der Waals surface area contributed by atoms with Crippen molar-refractivity contribution >= 4 is 28.5 Å². The van der Waals surface area contributed by atoms with Crippen LogP contribution in [0.5, 0.6) is 0 Å². The molecule has 2 aliphatic carbocycles. The van der Waals surface area contributed by atoms with Gasteiger partial charge in [0, 0.05) is 31.1 Å². The quantitative estimate of drug-likeness (QED) is 0.701. The molecule has 0 unspecified atom stereocenters. The van der Waals surface area contributed by atoms with Gasteiger partial charge in [0.05, 0.1) is 11.7 Å². The first-order chi connectivity index (χ1) is 15.4. The van der Waals surface area contributed by atoms with Crippen molar-refractivity contribution in [2.45, 2.75) is 71.0 Å². The van der Waals surface area contributed by atoms with Gasteiger partial charge in [0.15, 0.2) is 5.78 Å². The minimum absolute atomic E-state index is 0.00259. The van der Waals surface area contributed by atoms with Gasteiger partial charge in [0.1, 0.15) is 18.3 Å². The molecule has 2 saturated carbocycles. The standard InChI is InChI=1S/C24H31N5O3/c1-14-4-3-5-16(8-14)11-26-24(32)20-10-17-9-19(17)29(20)22(31)13-28-21-12-25-7-6-18(21)23(27-28)15(2)30/h6-7,12,14,16-17,19-20H,3-5,8-11,13H2,1-2H3,(H,26,32)/t14-,16+,17-,19-,20+/m1/s1. The Morgan fingerprint density at radius 2 is 2.03 bits per heavy atom. The van der Waals surface area contributed by atoms with E-state index in [4.69, 9.17) is 0 Å². The van der Waals surface area contributed by atoms with Gasteiger partial charge in [-0.05, 0) is 49.5 Å². The fourth-order valence-corrected chi connectivity index (χ4v) is 5.77. The van der Waals surface area contributed by atoms with Crippen molar-refractivity contribution < 1.29 is 14.4 Å². The number of nitrogens with one attached hydrogen (secondary N) is 1. The molecule has 0 bridgehead atoms. The topological polar surface area (TPSA) is 97.2 Å². The predicted molar refractivity (Wildman–Crippen MR) is 119 cm³/mol. The zero-order valence-electron chi connectivity index (χ0n) is 18.8. The van der Waals surface area contributed by atoms with Gasteiger partial charge in [0.2, 0.25) is 11.8 Å². The first-order valence-corrected chi connectivity index (χ1v) is 11.8. The van der Waals surface area contributed by atoms with Crippen molar-refractivity contribution in [1.29, 1.82) is 0 Å². The highest BCUT2D eigenvalue weighted by Crippen LogP contribution is 2.48. The SMILES string of the molecule is CC(=O)c1nn(CC(=O)N2[C@@H]3C[C@@H]3C[C@H]2C(=O)NC[C@H]2CCC[C@@H](C)C2)c2cnccc12. The number of pyridine rings is 1. The van der Waals surface area contributed by atoms with Crippen molar-refractivity contribution in [3.05, 3.63) is 24.2 Å². The summed E-state index contributed by atoms with van der Waals surface area (Å²) in [6, 6.07) is 1.49. The van der Waals surface area contributed by atoms with E-state index in [1.54, 1.807) is 28.0 Å². The molecule has 1 aliphatic heterocycles. The van der Waals surface area contributed by atoms with Crippen LogP contribution in [0, 0.1) is 17.8 Å². The number of aromatic nitrogens is 3. The Labute approximate surface area is 187 Å². The third-order valence-electron chi connectivity index (χ3n) is 7.48. The van der Waals surface area contributed by atoms with E-state index in [0.717, 1.165) is 25.2 Å². The summed E-state index contributed by atoms with van der Waals surface area (Å²) in [4.78, 5) is 44.2. The number of Topliss-reactive ketones (excluding diaryl/α,β-unsaturated/α-hetero) is 1. The van der Waals surface area contributed by atoms with E-state index in [0.29, 0.717) is 35.0 Å². The molecule has 1 saturated heterocycles. The van der Waals surface area contributed by atoms with Crippen molar-refractivity contribution in [2.75, 3.05) is 6.54 Å². The molecule has 8 heteroatoms. The van der Waals surface area contributed by atoms with Gasteiger partial charge >= 0.3 is 0 Å². The summed E-state index contributed by atoms with van der Waals surface area (Å²) < 4.78 is 1.55. The monoisotopic (exact) mass is 437 g/mol. The van der Waals surface area contributed by atoms with Gasteiger partial charge in [-0.25, -0.2) is 0 Å². The van der Waals surface area contributed by atoms with Gasteiger partial charge in [-0.15, -0.1) is 0 Å². The highest BCUT2D eigenvalue weighted by molar-refractivity contribution is 6.04. The molecule has 2 amide bonds. The number of hydrogen-bond acceptors (Lipinski definition) is 5. The van der Waals surface area contributed by atoms with E-state index in [1.165, 1.54) is 26.2 Å². The number of nitrogens with zero attached hydrogens (tertiary/aromatic N) is 4. The maximum Gasteiger partial charge on any atom is 0.245 e. The Morgan fingerprint density at radius 1 is 1.19 bits per heavy atom. The van der Waals surface area contributed by atoms with Crippen LogP contribution in [0.1, 0.15) is 62.9 Å². The minimum atomic E-state index is -0.403. The molecule has 8 nitrogen and oxygen atoms in total. The zero-order chi connectivity index (χ0) is 22.4. The van der Waals surface area contributed by atoms with E-state index >= 15 is 0 Å². The second kappa shape index (κ2) is 8.30. The summed E-state index contributed by atoms with van der Waals surface area (Å²) in [6.07, 6.45) is 9.79. The number of carbonyl (C=O) groups is 3. The van der Waals surface area contributed by atoms with Crippen LogP contribution in [0.25, 0.3) is 10.9 Å². The Hall–Kier alpha value is -2.77. The van der Waals surface area contributed by atoms with Gasteiger partial charge in [0.25, 0.3) is 0 Å². The van der Waals surface area contributed by atoms with E-state index < -0.39 is 6.04 Å². The number of likely N-dealkylation sites (tertiary alicyclic amines) is 1. The van der Waals surface area contributed by atoms with Crippen LogP contribution in [0.4, 0.5) is 0 Å². The van der Waals surface area contributed by atoms with Crippen molar-refractivity contribution in [2.24, 2.45) is 17.8 Å². The molecule has 5 atom stereocenters. The first kappa shape index (κ1) is 21.1. The minimum Gasteiger partial charge on any atom is -0.354 e. The molecule has 32 heavy (non-hydrogen) atoms. The summed E-state index contributed by atoms with van der Waals surface area (Å²) in [5, 5.41) is 8.23. The van der Waals surface area contributed by atoms with Gasteiger partial charge in [-0.3, -0.25) is 24.0 Å². The second-order valence-electron chi connectivity index (χ2n) is 9.95. The van der Waals surface area contributed by atoms with E-state index in [1.807, 2.05) is 0 Å². The van der Waals surface area contributed by atoms with Crippen LogP contribution in [-0.2, 0) is 16.1 Å². The number of rotatable bonds is 6. The fourth-order valence-electron chi connectivity index (χ4n) is 5.77. The molecular formula is C24H31N5O3. The molecule has 3 aliphatic rings. The molecule has 0 spiro atoms. The molecule has 1 N–H and O–H groups in total. The Morgan fingerprint density at radius 3 is 2.81 bits per heavy atom. The number of hydrogen-bond donors (Lipinski definition) is 1. The third kappa shape index (κ3) is 3.91. The van der Waals surface area contributed by atoms with Crippen molar-refractivity contribution in [3.63, 3.8) is 0 Å². The maximum atomic E-state index is 13.3. The summed E-state index contributed by atoms with van der Waals surface area (Å²) in [5.41, 5.74) is 1.00. The average molecular weight is 438 g/mol. The Bertz CT molecular complexity index is 1060. The average Bonchev–Trinajstić information content (AvgIpc) is 3.28. The number of amides is 2. The number of carbonyl (C=O) groups excluding carboxylic acids is 3. The summed E-state index contributed by atoms with van der Waals surface area (Å²) in [7, 11) is 0. The molecule has 3 heterocycles. The molecular weight excluding hydrogens is 406 g/mol. The third-order valence-corrected chi connectivity index (χ3v) is 7.48. The number of piperidine rings is 1. The molecule has 2 aromatic rings. The molecule has 0 radical (unpaired) electrons. The highest BCUT2D eigenvalue weighted by Gasteiger charge is 2.56. The molecule has 2 aromatic heterocycles. The fraction of sp³-hybridized carbons (Fsp3) is 0.625. The van der Waals surface area contributed by atoms with Crippen LogP contribution in [0.3, 0.4) is 0 Å². The van der Waals surface area contributed by atoms with E-state index in [-0.39, 0.29) is 30.2 Å². The molecule has 0 aromatic carbocycles. The normalized spacial score (nSPS) is 29.1. The van der Waals surface area contributed by atoms with Crippen molar-refractivity contribution in [1.82, 2.24) is 25.0 Å². The van der Waals surface area contributed by atoms with Gasteiger partial charge in [-0.1, -0.05) is 19.8 Å². The summed E-state index contributed by atoms with van der Waals surface area (Å²) in [5.74, 6) is 1.39. The smallest absolute Gasteiger partial charge is 0.245 e. The number of fused-ring (bicyclic) bond motifs is 2. The lowest BCUT2D eigenvalue weighted by Crippen LogP contribution is -2.49. The van der Waals surface area contributed by atoms with Crippen LogP contribution in [0.2, 0.25) is 0 Å². The largest absolute Gasteiger partial charge is 0.354 e. The van der Waals surface area contributed by atoms with Crippen LogP contribution >= 0.6 is 0 Å². The van der Waals surface area contributed by atoms with E-state index in [9.17, 15) is 14.4 Å². The van der Waals surface area contributed by atoms with Gasteiger partial charge in [-0.2, -0.15) is 5.10 Å². The Balaban J connectivity index is 1.28. The Kier molecular flexibility index (Phi) is 5.47. The highest BCUT2D eigenvalue weighted by atomic mass is 16.2. The van der Waals surface area contributed by atoms with Gasteiger partial charge < -0.3 is 10.2 Å². The zero-order valence-corrected chi connectivity index (χ0v) is 18.8. The summed E-state index contributed by atoms with van der Waals surface area (Å²) in [6.45, 7) is 4.46. The lowest BCUT2D eigenvalue weighted by molar-refractivity contribution is -0.140. The number of ketones is 1. The maximum absolute atomic E-state index is 13.3. The predicted octanol–water partition coefficient (Wildman–Crippen LogP) is 2.57. The first-order valence-electron chi connectivity index (χ1n) is 11.8. The molecule has 3 fully saturated rings. The van der Waals surface area contributed by atoms with E-state index in [2.05, 4.69) is 22.3 Å². The molecule has 5 rings (SSSR count). The van der Waals surface area contributed by atoms with Crippen LogP contribution in [-0.4, -0.2) is 55.9 Å². The lowest BCUT2D eigenvalue weighted by atomic mass is 9.82.